The second-order valence-electron chi connectivity index (χ2n) is 7.54. The average Bonchev–Trinajstić information content (AvgIpc) is 2.67. The normalized spacial score (nSPS) is 15.1. The van der Waals surface area contributed by atoms with Gasteiger partial charge in [-0.05, 0) is 56.2 Å². The van der Waals surface area contributed by atoms with Crippen LogP contribution in [0.4, 0.5) is 10.5 Å². The number of amidine groups is 1. The fourth-order valence-electron chi connectivity index (χ4n) is 3.77. The number of hydrogen-bond donors (Lipinski definition) is 3. The van der Waals surface area contributed by atoms with Gasteiger partial charge in [-0.15, -0.1) is 0 Å². The molecule has 0 bridgehead atoms. The number of rotatable bonds is 4. The Morgan fingerprint density at radius 3 is 2.03 bits per heavy atom. The standard InChI is InChI=1S/C21H27N5O3S/c1-14-12-15(2)19(16(3)13-14)30(28,29)26-10-8-25(9-11-26)21(27)24-18-6-4-17(5-7-18)20(22)23/h4-7,12-13H,8-11H2,1-3H3,(H3,22,23)(H,24,27). The third kappa shape index (κ3) is 4.47. The average molecular weight is 430 g/mol. The molecular weight excluding hydrogens is 402 g/mol. The van der Waals surface area contributed by atoms with E-state index < -0.39 is 10.0 Å². The molecule has 1 aliphatic rings. The lowest BCUT2D eigenvalue weighted by Gasteiger charge is -2.34. The van der Waals surface area contributed by atoms with Crippen LogP contribution in [0.15, 0.2) is 41.3 Å². The molecule has 160 valence electrons. The van der Waals surface area contributed by atoms with Gasteiger partial charge in [-0.25, -0.2) is 13.2 Å². The minimum Gasteiger partial charge on any atom is -0.384 e. The third-order valence-electron chi connectivity index (χ3n) is 5.18. The monoisotopic (exact) mass is 429 g/mol. The third-order valence-corrected chi connectivity index (χ3v) is 7.38. The molecule has 2 aromatic carbocycles. The molecule has 1 heterocycles. The van der Waals surface area contributed by atoms with Crippen molar-refractivity contribution in [2.45, 2.75) is 25.7 Å². The van der Waals surface area contributed by atoms with E-state index in [1.807, 2.05) is 32.9 Å². The van der Waals surface area contributed by atoms with E-state index in [1.54, 1.807) is 29.2 Å². The molecule has 1 fully saturated rings. The number of hydrogen-bond acceptors (Lipinski definition) is 4. The Balaban J connectivity index is 1.65. The van der Waals surface area contributed by atoms with Crippen molar-refractivity contribution in [3.05, 3.63) is 58.7 Å². The molecule has 8 nitrogen and oxygen atoms in total. The van der Waals surface area contributed by atoms with Crippen molar-refractivity contribution in [2.24, 2.45) is 5.73 Å². The molecule has 0 spiro atoms. The van der Waals surface area contributed by atoms with Crippen LogP contribution in [0.1, 0.15) is 22.3 Å². The predicted molar refractivity (Wildman–Crippen MR) is 117 cm³/mol. The van der Waals surface area contributed by atoms with Gasteiger partial charge in [0.05, 0.1) is 4.90 Å². The van der Waals surface area contributed by atoms with Crippen molar-refractivity contribution in [1.82, 2.24) is 9.21 Å². The Morgan fingerprint density at radius 1 is 1.00 bits per heavy atom. The van der Waals surface area contributed by atoms with Gasteiger partial charge in [0.25, 0.3) is 0 Å². The second kappa shape index (κ2) is 8.45. The van der Waals surface area contributed by atoms with Gasteiger partial charge in [0, 0.05) is 37.4 Å². The lowest BCUT2D eigenvalue weighted by atomic mass is 10.1. The zero-order chi connectivity index (χ0) is 22.1. The molecule has 1 saturated heterocycles. The largest absolute Gasteiger partial charge is 0.384 e. The zero-order valence-electron chi connectivity index (χ0n) is 17.4. The highest BCUT2D eigenvalue weighted by molar-refractivity contribution is 7.89. The molecule has 2 aromatic rings. The predicted octanol–water partition coefficient (Wildman–Crippen LogP) is 2.43. The molecular formula is C21H27N5O3S. The quantitative estimate of drug-likeness (QED) is 0.511. The molecule has 4 N–H and O–H groups in total. The van der Waals surface area contributed by atoms with Crippen LogP contribution in [-0.4, -0.2) is 55.7 Å². The summed E-state index contributed by atoms with van der Waals surface area (Å²) >= 11 is 0. The molecule has 9 heteroatoms. The number of nitrogens with two attached hydrogens (primary N) is 1. The number of carbonyl (C=O) groups is 1. The molecule has 0 aliphatic carbocycles. The van der Waals surface area contributed by atoms with E-state index in [9.17, 15) is 13.2 Å². The van der Waals surface area contributed by atoms with Crippen molar-refractivity contribution < 1.29 is 13.2 Å². The smallest absolute Gasteiger partial charge is 0.321 e. The number of piperazine rings is 1. The highest BCUT2D eigenvalue weighted by Crippen LogP contribution is 2.26. The Labute approximate surface area is 177 Å². The number of nitrogens with zero attached hydrogens (tertiary/aromatic N) is 2. The fourth-order valence-corrected chi connectivity index (χ4v) is 5.60. The number of benzene rings is 2. The van der Waals surface area contributed by atoms with Crippen LogP contribution in [0.25, 0.3) is 0 Å². The molecule has 1 aliphatic heterocycles. The molecule has 3 rings (SSSR count). The minimum atomic E-state index is -3.62. The maximum Gasteiger partial charge on any atom is 0.321 e. The molecule has 0 atom stereocenters. The number of sulfonamides is 1. The number of amides is 2. The van der Waals surface area contributed by atoms with Crippen molar-refractivity contribution in [3.63, 3.8) is 0 Å². The number of urea groups is 1. The van der Waals surface area contributed by atoms with Gasteiger partial charge in [0.15, 0.2) is 0 Å². The Hall–Kier alpha value is -2.91. The van der Waals surface area contributed by atoms with Gasteiger partial charge < -0.3 is 16.0 Å². The topological polar surface area (TPSA) is 120 Å². The summed E-state index contributed by atoms with van der Waals surface area (Å²) < 4.78 is 27.8. The highest BCUT2D eigenvalue weighted by atomic mass is 32.2. The molecule has 0 radical (unpaired) electrons. The molecule has 0 unspecified atom stereocenters. The zero-order valence-corrected chi connectivity index (χ0v) is 18.2. The molecule has 0 saturated carbocycles. The van der Waals surface area contributed by atoms with E-state index in [-0.39, 0.29) is 25.0 Å². The summed E-state index contributed by atoms with van der Waals surface area (Å²) in [5.74, 6) is -0.0377. The summed E-state index contributed by atoms with van der Waals surface area (Å²) in [7, 11) is -3.62. The first-order chi connectivity index (χ1) is 14.1. The number of carbonyl (C=O) groups excluding carboxylic acids is 1. The van der Waals surface area contributed by atoms with Crippen molar-refractivity contribution in [1.29, 1.82) is 5.41 Å². The van der Waals surface area contributed by atoms with E-state index in [2.05, 4.69) is 5.32 Å². The highest BCUT2D eigenvalue weighted by Gasteiger charge is 2.32. The van der Waals surface area contributed by atoms with Gasteiger partial charge in [0.2, 0.25) is 10.0 Å². The SMILES string of the molecule is Cc1cc(C)c(S(=O)(=O)N2CCN(C(=O)Nc3ccc(C(=N)N)cc3)CC2)c(C)c1. The maximum absolute atomic E-state index is 13.2. The van der Waals surface area contributed by atoms with Gasteiger partial charge in [-0.3, -0.25) is 5.41 Å². The minimum absolute atomic E-state index is 0.0377. The Bertz CT molecular complexity index is 1050. The summed E-state index contributed by atoms with van der Waals surface area (Å²) in [5.41, 5.74) is 9.10. The summed E-state index contributed by atoms with van der Waals surface area (Å²) in [6.45, 7) is 6.67. The molecule has 30 heavy (non-hydrogen) atoms. The molecule has 0 aromatic heterocycles. The van der Waals surface area contributed by atoms with Crippen LogP contribution in [-0.2, 0) is 10.0 Å². The van der Waals surface area contributed by atoms with E-state index in [1.165, 1.54) is 4.31 Å². The van der Waals surface area contributed by atoms with Crippen LogP contribution in [0.5, 0.6) is 0 Å². The Morgan fingerprint density at radius 2 is 1.53 bits per heavy atom. The van der Waals surface area contributed by atoms with Crippen LogP contribution in [0.3, 0.4) is 0 Å². The fraction of sp³-hybridized carbons (Fsp3) is 0.333. The summed E-state index contributed by atoms with van der Waals surface area (Å²) in [6.07, 6.45) is 0. The van der Waals surface area contributed by atoms with Crippen LogP contribution >= 0.6 is 0 Å². The van der Waals surface area contributed by atoms with E-state index in [0.717, 1.165) is 16.7 Å². The lowest BCUT2D eigenvalue weighted by molar-refractivity contribution is 0.184. The van der Waals surface area contributed by atoms with E-state index in [4.69, 9.17) is 11.1 Å². The van der Waals surface area contributed by atoms with Crippen molar-refractivity contribution in [2.75, 3.05) is 31.5 Å². The maximum atomic E-state index is 13.2. The Kier molecular flexibility index (Phi) is 6.14. The molecule has 2 amide bonds. The summed E-state index contributed by atoms with van der Waals surface area (Å²) in [6, 6.07) is 10.1. The number of nitrogen functional groups attached to an aromatic ring is 1. The van der Waals surface area contributed by atoms with Gasteiger partial charge in [0.1, 0.15) is 5.84 Å². The van der Waals surface area contributed by atoms with Crippen LogP contribution < -0.4 is 11.1 Å². The summed E-state index contributed by atoms with van der Waals surface area (Å²) in [5, 5.41) is 10.2. The van der Waals surface area contributed by atoms with Crippen LogP contribution in [0, 0.1) is 26.2 Å². The van der Waals surface area contributed by atoms with Gasteiger partial charge in [-0.2, -0.15) is 4.31 Å². The first kappa shape index (κ1) is 21.8. The van der Waals surface area contributed by atoms with Gasteiger partial charge in [-0.1, -0.05) is 17.7 Å². The van der Waals surface area contributed by atoms with Crippen LogP contribution in [0.2, 0.25) is 0 Å². The van der Waals surface area contributed by atoms with Crippen molar-refractivity contribution in [3.8, 4) is 0 Å². The van der Waals surface area contributed by atoms with E-state index in [0.29, 0.717) is 29.2 Å². The van der Waals surface area contributed by atoms with Gasteiger partial charge >= 0.3 is 6.03 Å². The first-order valence-corrected chi connectivity index (χ1v) is 11.1. The number of aryl methyl sites for hydroxylation is 3. The number of anilines is 1. The summed E-state index contributed by atoms with van der Waals surface area (Å²) in [4.78, 5) is 14.5. The first-order valence-electron chi connectivity index (χ1n) is 9.68. The van der Waals surface area contributed by atoms with Crippen molar-refractivity contribution >= 4 is 27.6 Å². The number of nitrogens with one attached hydrogen (secondary N) is 2. The lowest BCUT2D eigenvalue weighted by Crippen LogP contribution is -2.51. The second-order valence-corrected chi connectivity index (χ2v) is 9.41. The van der Waals surface area contributed by atoms with E-state index >= 15 is 0 Å².